The molecule has 4 aromatic rings. The summed E-state index contributed by atoms with van der Waals surface area (Å²) in [6.45, 7) is 1.99. The molecule has 0 aliphatic rings. The van der Waals surface area contributed by atoms with Crippen molar-refractivity contribution in [2.24, 2.45) is 0 Å². The SMILES string of the molecule is Cc1cccc(-c2nc3scc(CCNS(=O)(=O)c4cc(F)ccc4F)n3n2)c1. The number of benzene rings is 2. The topological polar surface area (TPSA) is 76.4 Å². The lowest BCUT2D eigenvalue weighted by Gasteiger charge is -2.07. The van der Waals surface area contributed by atoms with E-state index in [1.54, 1.807) is 4.52 Å². The minimum Gasteiger partial charge on any atom is -0.211 e. The summed E-state index contributed by atoms with van der Waals surface area (Å²) in [6.07, 6.45) is 0.312. The maximum absolute atomic E-state index is 13.8. The van der Waals surface area contributed by atoms with E-state index in [2.05, 4.69) is 14.8 Å². The number of fused-ring (bicyclic) bond motifs is 1. The van der Waals surface area contributed by atoms with Crippen molar-refractivity contribution in [2.75, 3.05) is 6.54 Å². The summed E-state index contributed by atoms with van der Waals surface area (Å²) in [5.41, 5.74) is 2.76. The molecule has 0 aliphatic heterocycles. The first-order chi connectivity index (χ1) is 13.8. The number of thiazole rings is 1. The maximum Gasteiger partial charge on any atom is 0.243 e. The van der Waals surface area contributed by atoms with Crippen molar-refractivity contribution in [3.8, 4) is 11.4 Å². The molecule has 0 bridgehead atoms. The average molecular weight is 434 g/mol. The summed E-state index contributed by atoms with van der Waals surface area (Å²) in [4.78, 5) is 4.49. The molecule has 150 valence electrons. The number of hydrogen-bond acceptors (Lipinski definition) is 5. The van der Waals surface area contributed by atoms with Crippen molar-refractivity contribution in [1.29, 1.82) is 0 Å². The summed E-state index contributed by atoms with van der Waals surface area (Å²) < 4.78 is 55.6. The number of rotatable bonds is 6. The Morgan fingerprint density at radius 1 is 1.17 bits per heavy atom. The highest BCUT2D eigenvalue weighted by atomic mass is 32.2. The molecule has 0 radical (unpaired) electrons. The summed E-state index contributed by atoms with van der Waals surface area (Å²) in [5.74, 6) is -1.24. The van der Waals surface area contributed by atoms with Crippen molar-refractivity contribution in [3.05, 3.63) is 70.7 Å². The van der Waals surface area contributed by atoms with Gasteiger partial charge in [-0.1, -0.05) is 23.8 Å². The quantitative estimate of drug-likeness (QED) is 0.503. The van der Waals surface area contributed by atoms with Crippen LogP contribution in [0.25, 0.3) is 16.3 Å². The maximum atomic E-state index is 13.8. The zero-order valence-corrected chi connectivity index (χ0v) is 16.9. The van der Waals surface area contributed by atoms with E-state index in [0.29, 0.717) is 23.3 Å². The molecule has 2 aromatic heterocycles. The van der Waals surface area contributed by atoms with Crippen LogP contribution in [0, 0.1) is 18.6 Å². The fourth-order valence-corrected chi connectivity index (χ4v) is 4.85. The minimum atomic E-state index is -4.17. The normalized spacial score (nSPS) is 12.0. The standard InChI is InChI=1S/C19H16F2N4O2S2/c1-12-3-2-4-13(9-12)18-23-19-25(24-18)15(11-28-19)7-8-22-29(26,27)17-10-14(20)5-6-16(17)21/h2-6,9-11,22H,7-8H2,1H3. The van der Waals surface area contributed by atoms with Crippen LogP contribution in [0.4, 0.5) is 8.78 Å². The van der Waals surface area contributed by atoms with Gasteiger partial charge in [-0.25, -0.2) is 26.4 Å². The predicted octanol–water partition coefficient (Wildman–Crippen LogP) is 3.57. The lowest BCUT2D eigenvalue weighted by atomic mass is 10.1. The number of nitrogens with one attached hydrogen (secondary N) is 1. The molecular weight excluding hydrogens is 418 g/mol. The van der Waals surface area contributed by atoms with E-state index in [4.69, 9.17) is 0 Å². The molecule has 6 nitrogen and oxygen atoms in total. The number of sulfonamides is 1. The molecule has 2 heterocycles. The fourth-order valence-electron chi connectivity index (χ4n) is 2.88. The molecule has 4 rings (SSSR count). The molecule has 0 fully saturated rings. The van der Waals surface area contributed by atoms with E-state index < -0.39 is 26.6 Å². The number of aromatic nitrogens is 3. The van der Waals surface area contributed by atoms with Crippen molar-refractivity contribution in [3.63, 3.8) is 0 Å². The number of nitrogens with zero attached hydrogens (tertiary/aromatic N) is 3. The van der Waals surface area contributed by atoms with Gasteiger partial charge in [0.2, 0.25) is 15.0 Å². The molecule has 2 aromatic carbocycles. The van der Waals surface area contributed by atoms with Crippen LogP contribution in [0.1, 0.15) is 11.3 Å². The van der Waals surface area contributed by atoms with Gasteiger partial charge in [-0.05, 0) is 31.2 Å². The van der Waals surface area contributed by atoms with Crippen LogP contribution in [-0.2, 0) is 16.4 Å². The van der Waals surface area contributed by atoms with Crippen LogP contribution in [0.3, 0.4) is 0 Å². The highest BCUT2D eigenvalue weighted by Crippen LogP contribution is 2.22. The number of hydrogen-bond donors (Lipinski definition) is 1. The van der Waals surface area contributed by atoms with Gasteiger partial charge in [0.25, 0.3) is 0 Å². The van der Waals surface area contributed by atoms with Crippen molar-refractivity contribution >= 4 is 26.3 Å². The molecule has 0 atom stereocenters. The van der Waals surface area contributed by atoms with Crippen molar-refractivity contribution < 1.29 is 17.2 Å². The molecule has 0 spiro atoms. The van der Waals surface area contributed by atoms with Crippen LogP contribution in [0.15, 0.2) is 52.7 Å². The van der Waals surface area contributed by atoms with E-state index in [0.717, 1.165) is 29.0 Å². The van der Waals surface area contributed by atoms with Gasteiger partial charge < -0.3 is 0 Å². The molecule has 10 heteroatoms. The van der Waals surface area contributed by atoms with Crippen LogP contribution in [0.2, 0.25) is 0 Å². The first kappa shape index (κ1) is 19.6. The lowest BCUT2D eigenvalue weighted by Crippen LogP contribution is -2.27. The Labute approximate surface area is 169 Å². The van der Waals surface area contributed by atoms with Crippen LogP contribution >= 0.6 is 11.3 Å². The number of halogens is 2. The minimum absolute atomic E-state index is 0.00373. The molecule has 0 saturated heterocycles. The Hall–Kier alpha value is -2.69. The van der Waals surface area contributed by atoms with Gasteiger partial charge in [0.15, 0.2) is 5.82 Å². The van der Waals surface area contributed by atoms with Crippen molar-refractivity contribution in [1.82, 2.24) is 19.3 Å². The van der Waals surface area contributed by atoms with Crippen LogP contribution in [-0.4, -0.2) is 29.6 Å². The monoisotopic (exact) mass is 434 g/mol. The highest BCUT2D eigenvalue weighted by molar-refractivity contribution is 7.89. The average Bonchev–Trinajstić information content (AvgIpc) is 3.25. The zero-order chi connectivity index (χ0) is 20.6. The van der Waals surface area contributed by atoms with E-state index in [9.17, 15) is 17.2 Å². The Balaban J connectivity index is 1.51. The first-order valence-electron chi connectivity index (χ1n) is 8.68. The Morgan fingerprint density at radius 2 is 2.00 bits per heavy atom. The molecule has 1 N–H and O–H groups in total. The second-order valence-corrected chi connectivity index (χ2v) is 9.02. The molecule has 0 saturated carbocycles. The molecule has 0 unspecified atom stereocenters. The van der Waals surface area contributed by atoms with E-state index in [-0.39, 0.29) is 6.54 Å². The third-order valence-corrected chi connectivity index (χ3v) is 6.62. The molecule has 0 amide bonds. The number of aryl methyl sites for hydroxylation is 1. The molecule has 29 heavy (non-hydrogen) atoms. The Kier molecular flexibility index (Phi) is 5.15. The lowest BCUT2D eigenvalue weighted by molar-refractivity contribution is 0.545. The Morgan fingerprint density at radius 3 is 2.79 bits per heavy atom. The van der Waals surface area contributed by atoms with Gasteiger partial charge >= 0.3 is 0 Å². The summed E-state index contributed by atoms with van der Waals surface area (Å²) >= 11 is 1.39. The largest absolute Gasteiger partial charge is 0.243 e. The smallest absolute Gasteiger partial charge is 0.211 e. The van der Waals surface area contributed by atoms with Crippen LogP contribution in [0.5, 0.6) is 0 Å². The Bertz CT molecular complexity index is 1300. The summed E-state index contributed by atoms with van der Waals surface area (Å²) in [5, 5.41) is 6.35. The third-order valence-electron chi connectivity index (χ3n) is 4.28. The summed E-state index contributed by atoms with van der Waals surface area (Å²) in [7, 11) is -4.17. The first-order valence-corrected chi connectivity index (χ1v) is 11.0. The van der Waals surface area contributed by atoms with E-state index in [1.165, 1.54) is 11.3 Å². The molecule has 0 aliphatic carbocycles. The second kappa shape index (κ2) is 7.62. The van der Waals surface area contributed by atoms with Gasteiger partial charge in [-0.2, -0.15) is 4.98 Å². The third kappa shape index (κ3) is 4.04. The summed E-state index contributed by atoms with van der Waals surface area (Å²) in [6, 6.07) is 10.1. The van der Waals surface area contributed by atoms with Gasteiger partial charge in [0, 0.05) is 23.9 Å². The second-order valence-electron chi connectivity index (χ2n) is 6.45. The van der Waals surface area contributed by atoms with E-state index in [1.807, 2.05) is 36.6 Å². The fraction of sp³-hybridized carbons (Fsp3) is 0.158. The van der Waals surface area contributed by atoms with Crippen molar-refractivity contribution in [2.45, 2.75) is 18.2 Å². The van der Waals surface area contributed by atoms with Crippen LogP contribution < -0.4 is 4.72 Å². The highest BCUT2D eigenvalue weighted by Gasteiger charge is 2.20. The van der Waals surface area contributed by atoms with Gasteiger partial charge in [0.1, 0.15) is 16.5 Å². The zero-order valence-electron chi connectivity index (χ0n) is 15.3. The predicted molar refractivity (Wildman–Crippen MR) is 106 cm³/mol. The van der Waals surface area contributed by atoms with E-state index >= 15 is 0 Å². The van der Waals surface area contributed by atoms with Gasteiger partial charge in [-0.3, -0.25) is 0 Å². The van der Waals surface area contributed by atoms with Gasteiger partial charge in [0.05, 0.1) is 5.69 Å². The molecular formula is C19H16F2N4O2S2. The van der Waals surface area contributed by atoms with Gasteiger partial charge in [-0.15, -0.1) is 16.4 Å².